The van der Waals surface area contributed by atoms with Gasteiger partial charge in [0.05, 0.1) is 34.0 Å². The van der Waals surface area contributed by atoms with Crippen LogP contribution in [0.2, 0.25) is 0 Å². The van der Waals surface area contributed by atoms with E-state index >= 15 is 0 Å². The Morgan fingerprint density at radius 1 is 0.368 bits per heavy atom. The molecule has 178 valence electrons. The second-order valence-corrected chi connectivity index (χ2v) is 9.73. The molecule has 3 nitrogen and oxygen atoms in total. The van der Waals surface area contributed by atoms with Crippen LogP contribution in [0.25, 0.3) is 66.1 Å². The maximum Gasteiger partial charge on any atom is 0.0651 e. The third-order valence-electron chi connectivity index (χ3n) is 7.57. The summed E-state index contributed by atoms with van der Waals surface area (Å²) in [5.74, 6) is 0. The molecule has 0 aliphatic carbocycles. The summed E-state index contributed by atoms with van der Waals surface area (Å²) in [5, 5.41) is 4.96. The highest BCUT2D eigenvalue weighted by molar-refractivity contribution is 6.19. The first-order valence-corrected chi connectivity index (χ1v) is 12.9. The van der Waals surface area contributed by atoms with Crippen LogP contribution < -0.4 is 0 Å². The van der Waals surface area contributed by atoms with Crippen LogP contribution >= 0.6 is 0 Å². The lowest BCUT2D eigenvalue weighted by molar-refractivity contribution is 1.14. The molecule has 3 heterocycles. The zero-order valence-electron chi connectivity index (χ0n) is 20.6. The van der Waals surface area contributed by atoms with Crippen LogP contribution in [0.15, 0.2) is 140 Å². The summed E-state index contributed by atoms with van der Waals surface area (Å²) >= 11 is 0. The minimum Gasteiger partial charge on any atom is -0.309 e. The molecule has 0 bridgehead atoms. The quantitative estimate of drug-likeness (QED) is 0.245. The molecule has 0 amide bonds. The number of fused-ring (bicyclic) bond motifs is 6. The standard InChI is InChI=1S/C35H23N3/c1-3-11-24(12-4-1)25-19-27(23-36-22-25)38-33-18-10-8-16-29(33)31-20-34-30(21-35(31)38)28-15-7-9-17-32(28)37(34)26-13-5-2-6-14-26/h1-23H. The fourth-order valence-corrected chi connectivity index (χ4v) is 5.90. The minimum absolute atomic E-state index is 1.06. The normalized spacial score (nSPS) is 11.7. The smallest absolute Gasteiger partial charge is 0.0651 e. The Balaban J connectivity index is 1.49. The first-order valence-electron chi connectivity index (χ1n) is 12.9. The number of rotatable bonds is 3. The second-order valence-electron chi connectivity index (χ2n) is 9.73. The largest absolute Gasteiger partial charge is 0.309 e. The highest BCUT2D eigenvalue weighted by Crippen LogP contribution is 2.39. The van der Waals surface area contributed by atoms with Gasteiger partial charge in [-0.05, 0) is 48.0 Å². The molecule has 0 N–H and O–H groups in total. The van der Waals surface area contributed by atoms with E-state index in [4.69, 9.17) is 0 Å². The lowest BCUT2D eigenvalue weighted by atomic mass is 10.1. The van der Waals surface area contributed by atoms with Crippen molar-refractivity contribution >= 4 is 43.6 Å². The fraction of sp³-hybridized carbons (Fsp3) is 0. The van der Waals surface area contributed by atoms with Crippen molar-refractivity contribution in [3.05, 3.63) is 140 Å². The van der Waals surface area contributed by atoms with Gasteiger partial charge in [0.15, 0.2) is 0 Å². The monoisotopic (exact) mass is 485 g/mol. The van der Waals surface area contributed by atoms with Gasteiger partial charge in [0, 0.05) is 39.0 Å². The van der Waals surface area contributed by atoms with Crippen LogP contribution in [0.3, 0.4) is 0 Å². The van der Waals surface area contributed by atoms with E-state index in [2.05, 4.69) is 135 Å². The third-order valence-corrected chi connectivity index (χ3v) is 7.57. The predicted molar refractivity (Wildman–Crippen MR) is 158 cm³/mol. The van der Waals surface area contributed by atoms with Gasteiger partial charge in [-0.25, -0.2) is 0 Å². The van der Waals surface area contributed by atoms with E-state index in [1.165, 1.54) is 49.3 Å². The average Bonchev–Trinajstić information content (AvgIpc) is 3.49. The van der Waals surface area contributed by atoms with Crippen molar-refractivity contribution in [2.24, 2.45) is 0 Å². The van der Waals surface area contributed by atoms with Crippen molar-refractivity contribution in [2.75, 3.05) is 0 Å². The molecule has 0 unspecified atom stereocenters. The number of hydrogen-bond donors (Lipinski definition) is 0. The van der Waals surface area contributed by atoms with Crippen molar-refractivity contribution in [1.82, 2.24) is 14.1 Å². The Hall–Kier alpha value is -5.15. The first-order chi connectivity index (χ1) is 18.9. The van der Waals surface area contributed by atoms with Gasteiger partial charge in [0.25, 0.3) is 0 Å². The number of hydrogen-bond acceptors (Lipinski definition) is 1. The second kappa shape index (κ2) is 8.19. The molecule has 3 aromatic heterocycles. The number of aromatic nitrogens is 3. The molecule has 8 aromatic rings. The molecule has 8 rings (SSSR count). The topological polar surface area (TPSA) is 22.8 Å². The molecule has 0 spiro atoms. The molecular formula is C35H23N3. The van der Waals surface area contributed by atoms with Gasteiger partial charge in [-0.1, -0.05) is 84.9 Å². The van der Waals surface area contributed by atoms with Gasteiger partial charge in [0.2, 0.25) is 0 Å². The summed E-state index contributed by atoms with van der Waals surface area (Å²) in [6.07, 6.45) is 3.91. The Labute approximate surface area is 219 Å². The minimum atomic E-state index is 1.06. The molecule has 0 aliphatic rings. The van der Waals surface area contributed by atoms with E-state index in [1.807, 2.05) is 18.5 Å². The molecule has 0 fully saturated rings. The lowest BCUT2D eigenvalue weighted by Gasteiger charge is -2.10. The van der Waals surface area contributed by atoms with Crippen LogP contribution in [0, 0.1) is 0 Å². The van der Waals surface area contributed by atoms with Crippen LogP contribution in [-0.4, -0.2) is 14.1 Å². The van der Waals surface area contributed by atoms with Crippen molar-refractivity contribution in [2.45, 2.75) is 0 Å². The fourth-order valence-electron chi connectivity index (χ4n) is 5.90. The predicted octanol–water partition coefficient (Wildman–Crippen LogP) is 8.94. The number of nitrogens with zero attached hydrogens (tertiary/aromatic N) is 3. The van der Waals surface area contributed by atoms with Gasteiger partial charge in [-0.2, -0.15) is 0 Å². The molecule has 0 saturated carbocycles. The third kappa shape index (κ3) is 3.06. The molecule has 38 heavy (non-hydrogen) atoms. The summed E-state index contributed by atoms with van der Waals surface area (Å²) in [7, 11) is 0. The molecule has 0 saturated heterocycles. The van der Waals surface area contributed by atoms with Crippen molar-refractivity contribution in [3.63, 3.8) is 0 Å². The first kappa shape index (κ1) is 21.0. The highest BCUT2D eigenvalue weighted by atomic mass is 15.0. The van der Waals surface area contributed by atoms with E-state index in [0.717, 1.165) is 16.8 Å². The van der Waals surface area contributed by atoms with Gasteiger partial charge < -0.3 is 9.13 Å². The number of pyridine rings is 1. The summed E-state index contributed by atoms with van der Waals surface area (Å²) in [4.78, 5) is 4.66. The van der Waals surface area contributed by atoms with Crippen molar-refractivity contribution in [3.8, 4) is 22.5 Å². The maximum absolute atomic E-state index is 4.66. The van der Waals surface area contributed by atoms with E-state index in [1.54, 1.807) is 0 Å². The summed E-state index contributed by atoms with van der Waals surface area (Å²) < 4.78 is 4.74. The Morgan fingerprint density at radius 3 is 1.53 bits per heavy atom. The van der Waals surface area contributed by atoms with E-state index in [-0.39, 0.29) is 0 Å². The number of para-hydroxylation sites is 3. The summed E-state index contributed by atoms with van der Waals surface area (Å²) in [6, 6.07) is 45.4. The molecule has 3 heteroatoms. The summed E-state index contributed by atoms with van der Waals surface area (Å²) in [5.41, 5.74) is 9.28. The van der Waals surface area contributed by atoms with Gasteiger partial charge in [0.1, 0.15) is 0 Å². The van der Waals surface area contributed by atoms with Gasteiger partial charge in [-0.3, -0.25) is 4.98 Å². The van der Waals surface area contributed by atoms with Crippen molar-refractivity contribution < 1.29 is 0 Å². The maximum atomic E-state index is 4.66. The van der Waals surface area contributed by atoms with Crippen LogP contribution in [0.5, 0.6) is 0 Å². The Bertz CT molecular complexity index is 2120. The van der Waals surface area contributed by atoms with Crippen LogP contribution in [0.4, 0.5) is 0 Å². The van der Waals surface area contributed by atoms with Gasteiger partial charge in [-0.15, -0.1) is 0 Å². The SMILES string of the molecule is c1ccc(-c2cncc(-n3c4ccccc4c4cc5c(cc43)c3ccccc3n5-c3ccccc3)c2)cc1. The molecule has 0 radical (unpaired) electrons. The molecule has 0 aliphatic heterocycles. The van der Waals surface area contributed by atoms with E-state index in [9.17, 15) is 0 Å². The van der Waals surface area contributed by atoms with Crippen LogP contribution in [-0.2, 0) is 0 Å². The summed E-state index contributed by atoms with van der Waals surface area (Å²) in [6.45, 7) is 0. The van der Waals surface area contributed by atoms with E-state index in [0.29, 0.717) is 0 Å². The lowest BCUT2D eigenvalue weighted by Crippen LogP contribution is -1.96. The zero-order valence-corrected chi connectivity index (χ0v) is 20.6. The highest BCUT2D eigenvalue weighted by Gasteiger charge is 2.18. The number of benzene rings is 5. The van der Waals surface area contributed by atoms with Crippen LogP contribution in [0.1, 0.15) is 0 Å². The van der Waals surface area contributed by atoms with Crippen molar-refractivity contribution in [1.29, 1.82) is 0 Å². The average molecular weight is 486 g/mol. The molecule has 5 aromatic carbocycles. The Kier molecular flexibility index (Phi) is 4.52. The van der Waals surface area contributed by atoms with E-state index < -0.39 is 0 Å². The zero-order chi connectivity index (χ0) is 25.1. The van der Waals surface area contributed by atoms with Gasteiger partial charge >= 0.3 is 0 Å². The molecule has 0 atom stereocenters. The Morgan fingerprint density at radius 2 is 0.895 bits per heavy atom. The molecular weight excluding hydrogens is 462 g/mol.